The van der Waals surface area contributed by atoms with Crippen LogP contribution >= 0.6 is 0 Å². The molecule has 1 N–H and O–H groups in total. The summed E-state index contributed by atoms with van der Waals surface area (Å²) in [7, 11) is 0. The monoisotopic (exact) mass is 253 g/mol. The number of benzene rings is 1. The lowest BCUT2D eigenvalue weighted by molar-refractivity contribution is 0.487. The van der Waals surface area contributed by atoms with E-state index in [9.17, 15) is 8.78 Å². The largest absolute Gasteiger partial charge is 0.316 e. The van der Waals surface area contributed by atoms with Gasteiger partial charge in [-0.3, -0.25) is 0 Å². The number of hydrogen-bond acceptors (Lipinski definition) is 1. The second-order valence-electron chi connectivity index (χ2n) is 5.94. The van der Waals surface area contributed by atoms with Gasteiger partial charge in [0.1, 0.15) is 11.6 Å². The van der Waals surface area contributed by atoms with E-state index in [1.807, 2.05) is 0 Å². The van der Waals surface area contributed by atoms with Gasteiger partial charge < -0.3 is 5.32 Å². The van der Waals surface area contributed by atoms with Crippen LogP contribution in [0.4, 0.5) is 8.78 Å². The van der Waals surface area contributed by atoms with Crippen molar-refractivity contribution in [1.29, 1.82) is 0 Å². The van der Waals surface area contributed by atoms with Crippen molar-refractivity contribution < 1.29 is 8.78 Å². The fraction of sp³-hybridized carbons (Fsp3) is 0.600. The second-order valence-corrected chi connectivity index (χ2v) is 5.94. The normalized spacial score (nSPS) is 26.7. The number of halogens is 2. The minimum atomic E-state index is -0.479. The van der Waals surface area contributed by atoms with E-state index in [-0.39, 0.29) is 5.41 Å². The van der Waals surface area contributed by atoms with Crippen molar-refractivity contribution in [2.75, 3.05) is 13.1 Å². The summed E-state index contributed by atoms with van der Waals surface area (Å²) in [6.07, 6.45) is 1.00. The van der Waals surface area contributed by atoms with Gasteiger partial charge in [0.25, 0.3) is 0 Å². The van der Waals surface area contributed by atoms with Gasteiger partial charge in [0.2, 0.25) is 0 Å². The fourth-order valence-electron chi connectivity index (χ4n) is 2.66. The van der Waals surface area contributed by atoms with Crippen molar-refractivity contribution in [3.63, 3.8) is 0 Å². The molecule has 1 aliphatic rings. The molecule has 0 aliphatic heterocycles. The minimum absolute atomic E-state index is 0.0716. The molecule has 1 saturated carbocycles. The van der Waals surface area contributed by atoms with Crippen molar-refractivity contribution in [3.05, 3.63) is 35.4 Å². The Balaban J connectivity index is 2.12. The van der Waals surface area contributed by atoms with Gasteiger partial charge in [-0.05, 0) is 42.5 Å². The Morgan fingerprint density at radius 1 is 1.28 bits per heavy atom. The highest BCUT2D eigenvalue weighted by atomic mass is 19.1. The molecule has 1 nitrogen and oxygen atoms in total. The van der Waals surface area contributed by atoms with Crippen LogP contribution < -0.4 is 5.32 Å². The van der Waals surface area contributed by atoms with Crippen LogP contribution in [0.5, 0.6) is 0 Å². The predicted molar refractivity (Wildman–Crippen MR) is 69.5 cm³/mol. The zero-order valence-electron chi connectivity index (χ0n) is 11.3. The molecule has 100 valence electrons. The minimum Gasteiger partial charge on any atom is -0.316 e. The first-order chi connectivity index (χ1) is 8.44. The lowest BCUT2D eigenvalue weighted by Crippen LogP contribution is -2.31. The summed E-state index contributed by atoms with van der Waals surface area (Å²) in [5.74, 6) is 0.110. The second kappa shape index (κ2) is 4.96. The molecular formula is C15H21F2N. The molecule has 0 radical (unpaired) electrons. The lowest BCUT2D eigenvalue weighted by Gasteiger charge is -2.19. The van der Waals surface area contributed by atoms with E-state index in [4.69, 9.17) is 0 Å². The van der Waals surface area contributed by atoms with Gasteiger partial charge in [0.05, 0.1) is 0 Å². The summed E-state index contributed by atoms with van der Waals surface area (Å²) in [6, 6.07) is 3.89. The predicted octanol–water partition coefficient (Wildman–Crippen LogP) is 3.49. The number of nitrogens with one attached hydrogen (secondary N) is 1. The van der Waals surface area contributed by atoms with Crippen LogP contribution in [0.2, 0.25) is 0 Å². The van der Waals surface area contributed by atoms with E-state index in [2.05, 4.69) is 26.1 Å². The highest BCUT2D eigenvalue weighted by molar-refractivity contribution is 5.34. The number of rotatable bonds is 5. The van der Waals surface area contributed by atoms with Crippen LogP contribution in [0.15, 0.2) is 18.2 Å². The Morgan fingerprint density at radius 2 is 1.83 bits per heavy atom. The van der Waals surface area contributed by atoms with Crippen molar-refractivity contribution in [1.82, 2.24) is 5.32 Å². The molecular weight excluding hydrogens is 232 g/mol. The maximum Gasteiger partial charge on any atom is 0.126 e. The van der Waals surface area contributed by atoms with E-state index in [0.717, 1.165) is 31.1 Å². The summed E-state index contributed by atoms with van der Waals surface area (Å²) < 4.78 is 26.6. The van der Waals surface area contributed by atoms with Gasteiger partial charge in [-0.2, -0.15) is 0 Å². The zero-order chi connectivity index (χ0) is 13.3. The van der Waals surface area contributed by atoms with Crippen LogP contribution in [0.3, 0.4) is 0 Å². The standard InChI is InChI=1S/C15H21F2N/c1-10(2)8-18-9-15(7-11(15)3)12-4-13(16)6-14(17)5-12/h4-6,10-11,18H,7-9H2,1-3H3. The fourth-order valence-corrected chi connectivity index (χ4v) is 2.66. The molecule has 1 aromatic carbocycles. The highest BCUT2D eigenvalue weighted by Crippen LogP contribution is 2.53. The van der Waals surface area contributed by atoms with Crippen molar-refractivity contribution in [2.45, 2.75) is 32.6 Å². The maximum atomic E-state index is 13.3. The van der Waals surface area contributed by atoms with E-state index < -0.39 is 11.6 Å². The van der Waals surface area contributed by atoms with Crippen molar-refractivity contribution >= 4 is 0 Å². The van der Waals surface area contributed by atoms with Crippen LogP contribution in [-0.2, 0) is 5.41 Å². The van der Waals surface area contributed by atoms with Crippen LogP contribution in [-0.4, -0.2) is 13.1 Å². The van der Waals surface area contributed by atoms with Gasteiger partial charge in [0, 0.05) is 18.0 Å². The van der Waals surface area contributed by atoms with Gasteiger partial charge >= 0.3 is 0 Å². The van der Waals surface area contributed by atoms with Crippen molar-refractivity contribution in [3.8, 4) is 0 Å². The molecule has 0 saturated heterocycles. The molecule has 0 amide bonds. The molecule has 1 aliphatic carbocycles. The molecule has 0 spiro atoms. The summed E-state index contributed by atoms with van der Waals surface area (Å²) >= 11 is 0. The Bertz CT molecular complexity index is 410. The molecule has 0 aromatic heterocycles. The third-order valence-electron chi connectivity index (χ3n) is 3.88. The average molecular weight is 253 g/mol. The molecule has 2 unspecified atom stereocenters. The third-order valence-corrected chi connectivity index (χ3v) is 3.88. The summed E-state index contributed by atoms with van der Waals surface area (Å²) in [5.41, 5.74) is 0.724. The van der Waals surface area contributed by atoms with E-state index >= 15 is 0 Å². The van der Waals surface area contributed by atoms with Crippen LogP contribution in [0.25, 0.3) is 0 Å². The van der Waals surface area contributed by atoms with Crippen LogP contribution in [0.1, 0.15) is 32.8 Å². The van der Waals surface area contributed by atoms with Crippen molar-refractivity contribution in [2.24, 2.45) is 11.8 Å². The average Bonchev–Trinajstić information content (AvgIpc) is 2.88. The smallest absolute Gasteiger partial charge is 0.126 e. The van der Waals surface area contributed by atoms with Gasteiger partial charge in [-0.1, -0.05) is 20.8 Å². The molecule has 1 fully saturated rings. The zero-order valence-corrected chi connectivity index (χ0v) is 11.3. The quantitative estimate of drug-likeness (QED) is 0.847. The Labute approximate surface area is 108 Å². The van der Waals surface area contributed by atoms with E-state index in [0.29, 0.717) is 11.8 Å². The summed E-state index contributed by atoms with van der Waals surface area (Å²) in [6.45, 7) is 8.18. The van der Waals surface area contributed by atoms with Gasteiger partial charge in [-0.15, -0.1) is 0 Å². The van der Waals surface area contributed by atoms with Crippen LogP contribution in [0, 0.1) is 23.5 Å². The Kier molecular flexibility index (Phi) is 3.71. The lowest BCUT2D eigenvalue weighted by atomic mass is 9.93. The molecule has 2 atom stereocenters. The molecule has 3 heteroatoms. The number of hydrogen-bond donors (Lipinski definition) is 1. The third kappa shape index (κ3) is 2.72. The molecule has 18 heavy (non-hydrogen) atoms. The van der Waals surface area contributed by atoms with Gasteiger partial charge in [-0.25, -0.2) is 8.78 Å². The molecule has 1 aromatic rings. The maximum absolute atomic E-state index is 13.3. The first kappa shape index (κ1) is 13.5. The summed E-state index contributed by atoms with van der Waals surface area (Å²) in [5, 5.41) is 3.41. The SMILES string of the molecule is CC(C)CNCC1(c2cc(F)cc(F)c2)CC1C. The van der Waals surface area contributed by atoms with E-state index in [1.165, 1.54) is 12.1 Å². The topological polar surface area (TPSA) is 12.0 Å². The first-order valence-corrected chi connectivity index (χ1v) is 6.61. The Hall–Kier alpha value is -0.960. The summed E-state index contributed by atoms with van der Waals surface area (Å²) in [4.78, 5) is 0. The molecule has 0 heterocycles. The highest BCUT2D eigenvalue weighted by Gasteiger charge is 2.52. The molecule has 2 rings (SSSR count). The van der Waals surface area contributed by atoms with E-state index in [1.54, 1.807) is 0 Å². The molecule has 0 bridgehead atoms. The first-order valence-electron chi connectivity index (χ1n) is 6.61. The van der Waals surface area contributed by atoms with Gasteiger partial charge in [0.15, 0.2) is 0 Å². The Morgan fingerprint density at radius 3 is 2.28 bits per heavy atom.